The van der Waals surface area contributed by atoms with Crippen LogP contribution in [-0.2, 0) is 12.3 Å². The Labute approximate surface area is 137 Å². The van der Waals surface area contributed by atoms with Crippen LogP contribution in [0.1, 0.15) is 23.7 Å². The highest BCUT2D eigenvalue weighted by Crippen LogP contribution is 2.27. The molecule has 0 aliphatic heterocycles. The third-order valence-electron chi connectivity index (χ3n) is 2.61. The van der Waals surface area contributed by atoms with Gasteiger partial charge in [-0.05, 0) is 30.7 Å². The Morgan fingerprint density at radius 3 is 3.00 bits per heavy atom. The van der Waals surface area contributed by atoms with Gasteiger partial charge < -0.3 is 5.32 Å². The minimum absolute atomic E-state index is 0.689. The van der Waals surface area contributed by atoms with Crippen molar-refractivity contribution in [3.05, 3.63) is 44.8 Å². The largest absolute Gasteiger partial charge is 0.312 e. The summed E-state index contributed by atoms with van der Waals surface area (Å²) in [6.45, 7) is 6.43. The maximum atomic E-state index is 4.50. The fourth-order valence-corrected chi connectivity index (χ4v) is 4.08. The Morgan fingerprint density at radius 2 is 2.25 bits per heavy atom. The van der Waals surface area contributed by atoms with E-state index in [1.807, 2.05) is 24.0 Å². The molecule has 1 N–H and O–H groups in total. The SMILES string of the molecule is CC(C)CNCc1cnc(CSc2cccc(Br)c2)s1. The van der Waals surface area contributed by atoms with Crippen molar-refractivity contribution >= 4 is 39.0 Å². The highest BCUT2D eigenvalue weighted by atomic mass is 79.9. The van der Waals surface area contributed by atoms with Crippen molar-refractivity contribution < 1.29 is 0 Å². The van der Waals surface area contributed by atoms with Crippen LogP contribution in [0, 0.1) is 5.92 Å². The number of hydrogen-bond acceptors (Lipinski definition) is 4. The molecule has 0 fully saturated rings. The quantitative estimate of drug-likeness (QED) is 0.698. The number of nitrogens with one attached hydrogen (secondary N) is 1. The Kier molecular flexibility index (Phi) is 6.55. The van der Waals surface area contributed by atoms with Crippen LogP contribution in [0.3, 0.4) is 0 Å². The van der Waals surface area contributed by atoms with Crippen LogP contribution in [0.2, 0.25) is 0 Å². The van der Waals surface area contributed by atoms with Gasteiger partial charge in [0.2, 0.25) is 0 Å². The van der Waals surface area contributed by atoms with E-state index in [0.717, 1.165) is 23.3 Å². The van der Waals surface area contributed by atoms with Crippen molar-refractivity contribution in [2.24, 2.45) is 5.92 Å². The molecule has 5 heteroatoms. The second-order valence-electron chi connectivity index (χ2n) is 4.99. The number of rotatable bonds is 7. The van der Waals surface area contributed by atoms with Crippen molar-refractivity contribution in [2.45, 2.75) is 31.0 Å². The predicted octanol–water partition coefficient (Wildman–Crippen LogP) is 4.94. The summed E-state index contributed by atoms with van der Waals surface area (Å²) in [5, 5.41) is 4.64. The zero-order chi connectivity index (χ0) is 14.4. The van der Waals surface area contributed by atoms with E-state index in [1.165, 1.54) is 14.8 Å². The molecular formula is C15H19BrN2S2. The Hall–Kier alpha value is -0.360. The standard InChI is InChI=1S/C15H19BrN2S2/c1-11(2)7-17-8-14-9-18-15(20-14)10-19-13-5-3-4-12(16)6-13/h3-6,9,11,17H,7-8,10H2,1-2H3. The third kappa shape index (κ3) is 5.56. The summed E-state index contributed by atoms with van der Waals surface area (Å²) in [6.07, 6.45) is 1.99. The molecule has 0 saturated heterocycles. The van der Waals surface area contributed by atoms with Gasteiger partial charge >= 0.3 is 0 Å². The van der Waals surface area contributed by atoms with E-state index in [1.54, 1.807) is 11.3 Å². The molecule has 2 nitrogen and oxygen atoms in total. The molecule has 0 bridgehead atoms. The van der Waals surface area contributed by atoms with Crippen molar-refractivity contribution in [1.82, 2.24) is 10.3 Å². The van der Waals surface area contributed by atoms with Crippen molar-refractivity contribution in [3.63, 3.8) is 0 Å². The summed E-state index contributed by atoms with van der Waals surface area (Å²) >= 11 is 7.13. The predicted molar refractivity (Wildman–Crippen MR) is 92.4 cm³/mol. The first-order chi connectivity index (χ1) is 9.63. The van der Waals surface area contributed by atoms with Gasteiger partial charge in [0.15, 0.2) is 0 Å². The number of nitrogens with zero attached hydrogens (tertiary/aromatic N) is 1. The maximum absolute atomic E-state index is 4.50. The third-order valence-corrected chi connectivity index (χ3v) is 5.29. The van der Waals surface area contributed by atoms with Crippen molar-refractivity contribution in [1.29, 1.82) is 0 Å². The highest BCUT2D eigenvalue weighted by Gasteiger charge is 2.04. The average molecular weight is 371 g/mol. The topological polar surface area (TPSA) is 24.9 Å². The summed E-state index contributed by atoms with van der Waals surface area (Å²) in [6, 6.07) is 8.39. The molecule has 0 saturated carbocycles. The van der Waals surface area contributed by atoms with E-state index in [2.05, 4.69) is 58.3 Å². The van der Waals surface area contributed by atoms with Crippen molar-refractivity contribution in [3.8, 4) is 0 Å². The molecule has 0 radical (unpaired) electrons. The molecule has 0 aliphatic rings. The number of benzene rings is 1. The second-order valence-corrected chi connectivity index (χ2v) is 8.16. The fourth-order valence-electron chi connectivity index (χ4n) is 1.68. The first-order valence-electron chi connectivity index (χ1n) is 6.66. The number of halogens is 1. The van der Waals surface area contributed by atoms with Gasteiger partial charge in [0.25, 0.3) is 0 Å². The van der Waals surface area contributed by atoms with Crippen LogP contribution in [0.5, 0.6) is 0 Å². The normalized spacial score (nSPS) is 11.2. The van der Waals surface area contributed by atoms with Gasteiger partial charge in [-0.1, -0.05) is 35.8 Å². The molecule has 0 aliphatic carbocycles. The molecule has 2 rings (SSSR count). The van der Waals surface area contributed by atoms with Crippen LogP contribution >= 0.6 is 39.0 Å². The van der Waals surface area contributed by atoms with E-state index in [4.69, 9.17) is 0 Å². The number of aromatic nitrogens is 1. The van der Waals surface area contributed by atoms with Gasteiger partial charge in [-0.3, -0.25) is 0 Å². The smallest absolute Gasteiger partial charge is 0.103 e. The van der Waals surface area contributed by atoms with Crippen LogP contribution in [0.25, 0.3) is 0 Å². The molecule has 1 heterocycles. The van der Waals surface area contributed by atoms with E-state index in [9.17, 15) is 0 Å². The van der Waals surface area contributed by atoms with E-state index in [-0.39, 0.29) is 0 Å². The maximum Gasteiger partial charge on any atom is 0.103 e. The second kappa shape index (κ2) is 8.17. The Balaban J connectivity index is 1.80. The Morgan fingerprint density at radius 1 is 1.40 bits per heavy atom. The van der Waals surface area contributed by atoms with E-state index < -0.39 is 0 Å². The van der Waals surface area contributed by atoms with Gasteiger partial charge in [0.05, 0.1) is 5.75 Å². The van der Waals surface area contributed by atoms with Crippen LogP contribution in [-0.4, -0.2) is 11.5 Å². The molecule has 108 valence electrons. The molecule has 0 spiro atoms. The summed E-state index contributed by atoms with van der Waals surface area (Å²) in [5.74, 6) is 1.63. The molecule has 0 unspecified atom stereocenters. The van der Waals surface area contributed by atoms with Gasteiger partial charge in [0.1, 0.15) is 5.01 Å². The van der Waals surface area contributed by atoms with Crippen LogP contribution < -0.4 is 5.32 Å². The van der Waals surface area contributed by atoms with Crippen LogP contribution in [0.4, 0.5) is 0 Å². The van der Waals surface area contributed by atoms with E-state index in [0.29, 0.717) is 5.92 Å². The molecule has 0 amide bonds. The molecule has 1 aromatic heterocycles. The molecule has 1 aromatic carbocycles. The molecule has 2 aromatic rings. The molecule has 20 heavy (non-hydrogen) atoms. The lowest BCUT2D eigenvalue weighted by Crippen LogP contribution is -2.18. The first kappa shape index (κ1) is 16.0. The zero-order valence-corrected chi connectivity index (χ0v) is 14.9. The summed E-state index contributed by atoms with van der Waals surface area (Å²) in [5.41, 5.74) is 0. The monoisotopic (exact) mass is 370 g/mol. The zero-order valence-electron chi connectivity index (χ0n) is 11.7. The van der Waals surface area contributed by atoms with E-state index >= 15 is 0 Å². The first-order valence-corrected chi connectivity index (χ1v) is 9.25. The number of thiazole rings is 1. The summed E-state index contributed by atoms with van der Waals surface area (Å²) < 4.78 is 1.13. The minimum atomic E-state index is 0.689. The van der Waals surface area contributed by atoms with Crippen molar-refractivity contribution in [2.75, 3.05) is 6.54 Å². The highest BCUT2D eigenvalue weighted by molar-refractivity contribution is 9.10. The van der Waals surface area contributed by atoms with Gasteiger partial charge in [-0.15, -0.1) is 23.1 Å². The lowest BCUT2D eigenvalue weighted by molar-refractivity contribution is 0.554. The van der Waals surface area contributed by atoms with Gasteiger partial charge in [0, 0.05) is 27.0 Å². The minimum Gasteiger partial charge on any atom is -0.312 e. The van der Waals surface area contributed by atoms with Gasteiger partial charge in [-0.2, -0.15) is 0 Å². The Bertz CT molecular complexity index is 540. The molecule has 0 atom stereocenters. The summed E-state index contributed by atoms with van der Waals surface area (Å²) in [4.78, 5) is 7.08. The molecular weight excluding hydrogens is 352 g/mol. The fraction of sp³-hybridized carbons (Fsp3) is 0.400. The lowest BCUT2D eigenvalue weighted by atomic mass is 10.2. The number of hydrogen-bond donors (Lipinski definition) is 1. The lowest BCUT2D eigenvalue weighted by Gasteiger charge is -2.04. The summed E-state index contributed by atoms with van der Waals surface area (Å²) in [7, 11) is 0. The van der Waals surface area contributed by atoms with Gasteiger partial charge in [-0.25, -0.2) is 4.98 Å². The number of thioether (sulfide) groups is 1. The average Bonchev–Trinajstić information content (AvgIpc) is 2.84. The van der Waals surface area contributed by atoms with Crippen LogP contribution in [0.15, 0.2) is 39.8 Å².